The first-order chi connectivity index (χ1) is 10.6. The van der Waals surface area contributed by atoms with Crippen molar-refractivity contribution in [2.75, 3.05) is 5.32 Å². The van der Waals surface area contributed by atoms with Gasteiger partial charge >= 0.3 is 0 Å². The summed E-state index contributed by atoms with van der Waals surface area (Å²) in [7, 11) is 0. The van der Waals surface area contributed by atoms with Crippen LogP contribution in [0.5, 0.6) is 0 Å². The molecule has 1 N–H and O–H groups in total. The van der Waals surface area contributed by atoms with Crippen molar-refractivity contribution in [2.24, 2.45) is 0 Å². The Labute approximate surface area is 132 Å². The van der Waals surface area contributed by atoms with Gasteiger partial charge in [0.05, 0.1) is 17.8 Å². The van der Waals surface area contributed by atoms with E-state index in [0.717, 1.165) is 17.0 Å². The van der Waals surface area contributed by atoms with Crippen LogP contribution in [-0.2, 0) is 6.54 Å². The van der Waals surface area contributed by atoms with E-state index < -0.39 is 0 Å². The van der Waals surface area contributed by atoms with Gasteiger partial charge in [-0.3, -0.25) is 14.8 Å². The number of anilines is 1. The van der Waals surface area contributed by atoms with Crippen LogP contribution >= 0.6 is 11.3 Å². The Bertz CT molecular complexity index is 778. The van der Waals surface area contributed by atoms with Crippen LogP contribution in [0.25, 0.3) is 0 Å². The lowest BCUT2D eigenvalue weighted by Crippen LogP contribution is -2.14. The molecule has 0 radical (unpaired) electrons. The molecule has 0 saturated heterocycles. The van der Waals surface area contributed by atoms with Gasteiger partial charge in [0.15, 0.2) is 5.13 Å². The Balaban J connectivity index is 1.85. The first-order valence-corrected chi connectivity index (χ1v) is 7.82. The molecular weight excluding hydrogens is 296 g/mol. The maximum absolute atomic E-state index is 12.4. The number of hydrogen-bond donors (Lipinski definition) is 1. The first-order valence-electron chi connectivity index (χ1n) is 6.94. The second-order valence-electron chi connectivity index (χ2n) is 4.98. The van der Waals surface area contributed by atoms with Gasteiger partial charge in [-0.25, -0.2) is 4.98 Å². The molecule has 1 amide bonds. The van der Waals surface area contributed by atoms with E-state index in [4.69, 9.17) is 0 Å². The van der Waals surface area contributed by atoms with Gasteiger partial charge in [-0.1, -0.05) is 30.3 Å². The van der Waals surface area contributed by atoms with E-state index in [1.54, 1.807) is 6.20 Å². The number of rotatable bonds is 4. The van der Waals surface area contributed by atoms with E-state index in [2.05, 4.69) is 15.4 Å². The molecule has 0 aliphatic heterocycles. The van der Waals surface area contributed by atoms with Crippen LogP contribution in [-0.4, -0.2) is 20.7 Å². The van der Waals surface area contributed by atoms with Crippen LogP contribution in [0.2, 0.25) is 0 Å². The van der Waals surface area contributed by atoms with Gasteiger partial charge in [-0.15, -0.1) is 11.3 Å². The van der Waals surface area contributed by atoms with Crippen LogP contribution in [0.15, 0.2) is 41.9 Å². The molecule has 3 rings (SSSR count). The van der Waals surface area contributed by atoms with Gasteiger partial charge in [0.25, 0.3) is 5.91 Å². The van der Waals surface area contributed by atoms with E-state index in [-0.39, 0.29) is 5.91 Å². The van der Waals surface area contributed by atoms with Crippen molar-refractivity contribution in [3.8, 4) is 0 Å². The average molecular weight is 312 g/mol. The zero-order valence-corrected chi connectivity index (χ0v) is 13.2. The summed E-state index contributed by atoms with van der Waals surface area (Å²) in [6.45, 7) is 4.42. The summed E-state index contributed by atoms with van der Waals surface area (Å²) in [5, 5.41) is 9.73. The number of carbonyl (C=O) groups excluding carboxylic acids is 1. The summed E-state index contributed by atoms with van der Waals surface area (Å²) in [5.74, 6) is -0.163. The van der Waals surface area contributed by atoms with Crippen molar-refractivity contribution >= 4 is 22.4 Å². The van der Waals surface area contributed by atoms with E-state index in [1.165, 1.54) is 11.3 Å². The molecule has 2 heterocycles. The molecule has 0 aliphatic carbocycles. The lowest BCUT2D eigenvalue weighted by Gasteiger charge is -2.05. The summed E-state index contributed by atoms with van der Waals surface area (Å²) < 4.78 is 1.86. The van der Waals surface area contributed by atoms with Crippen LogP contribution in [0.4, 0.5) is 5.13 Å². The Kier molecular flexibility index (Phi) is 4.02. The molecule has 0 fully saturated rings. The second kappa shape index (κ2) is 6.11. The molecule has 1 aromatic carbocycles. The first kappa shape index (κ1) is 14.5. The molecule has 0 aliphatic rings. The highest BCUT2D eigenvalue weighted by Gasteiger charge is 2.19. The Morgan fingerprint density at radius 2 is 2.05 bits per heavy atom. The number of thiazole rings is 1. The van der Waals surface area contributed by atoms with Gasteiger partial charge < -0.3 is 0 Å². The number of nitrogens with zero attached hydrogens (tertiary/aromatic N) is 3. The normalized spacial score (nSPS) is 10.6. The van der Waals surface area contributed by atoms with Crippen molar-refractivity contribution < 1.29 is 4.79 Å². The number of hydrogen-bond acceptors (Lipinski definition) is 4. The topological polar surface area (TPSA) is 59.8 Å². The minimum atomic E-state index is -0.163. The van der Waals surface area contributed by atoms with E-state index in [9.17, 15) is 4.79 Å². The molecule has 112 valence electrons. The van der Waals surface area contributed by atoms with Gasteiger partial charge in [0, 0.05) is 17.3 Å². The second-order valence-corrected chi connectivity index (χ2v) is 5.88. The number of aryl methyl sites for hydroxylation is 1. The molecule has 22 heavy (non-hydrogen) atoms. The molecule has 5 nitrogen and oxygen atoms in total. The van der Waals surface area contributed by atoms with Crippen LogP contribution in [0, 0.1) is 13.8 Å². The molecule has 0 spiro atoms. The Morgan fingerprint density at radius 3 is 2.73 bits per heavy atom. The fourth-order valence-corrected chi connectivity index (χ4v) is 2.90. The Morgan fingerprint density at radius 1 is 1.27 bits per heavy atom. The lowest BCUT2D eigenvalue weighted by atomic mass is 10.2. The van der Waals surface area contributed by atoms with Gasteiger partial charge in [-0.2, -0.15) is 5.10 Å². The molecule has 3 aromatic rings. The SMILES string of the molecule is Cc1nn(Cc2ccccc2)c(C)c1C(=O)Nc1nccs1. The minimum absolute atomic E-state index is 0.163. The van der Waals surface area contributed by atoms with Crippen LogP contribution < -0.4 is 5.32 Å². The smallest absolute Gasteiger partial charge is 0.261 e. The van der Waals surface area contributed by atoms with Crippen molar-refractivity contribution in [1.82, 2.24) is 14.8 Å². The Hall–Kier alpha value is -2.47. The number of aromatic nitrogens is 3. The molecule has 0 unspecified atom stereocenters. The van der Waals surface area contributed by atoms with E-state index in [0.29, 0.717) is 17.2 Å². The zero-order chi connectivity index (χ0) is 15.5. The maximum atomic E-state index is 12.4. The van der Waals surface area contributed by atoms with Crippen molar-refractivity contribution in [3.63, 3.8) is 0 Å². The monoisotopic (exact) mass is 312 g/mol. The number of amides is 1. The largest absolute Gasteiger partial charge is 0.298 e. The summed E-state index contributed by atoms with van der Waals surface area (Å²) in [5.41, 5.74) is 3.35. The van der Waals surface area contributed by atoms with Gasteiger partial charge in [0.2, 0.25) is 0 Å². The highest BCUT2D eigenvalue weighted by atomic mass is 32.1. The fraction of sp³-hybridized carbons (Fsp3) is 0.188. The predicted molar refractivity (Wildman–Crippen MR) is 87.3 cm³/mol. The molecule has 0 saturated carbocycles. The van der Waals surface area contributed by atoms with Gasteiger partial charge in [-0.05, 0) is 19.4 Å². The summed E-state index contributed by atoms with van der Waals surface area (Å²) in [6.07, 6.45) is 1.67. The van der Waals surface area contributed by atoms with Crippen molar-refractivity contribution in [3.05, 3.63) is 64.4 Å². The third kappa shape index (κ3) is 2.92. The third-order valence-electron chi connectivity index (χ3n) is 3.44. The molecule has 6 heteroatoms. The summed E-state index contributed by atoms with van der Waals surface area (Å²) in [6, 6.07) is 10.1. The molecular formula is C16H16N4OS. The minimum Gasteiger partial charge on any atom is -0.298 e. The summed E-state index contributed by atoms with van der Waals surface area (Å²) in [4.78, 5) is 16.5. The third-order valence-corrected chi connectivity index (χ3v) is 4.13. The average Bonchev–Trinajstić information content (AvgIpc) is 3.09. The lowest BCUT2D eigenvalue weighted by molar-refractivity contribution is 0.102. The number of nitrogens with one attached hydrogen (secondary N) is 1. The molecule has 2 aromatic heterocycles. The predicted octanol–water partition coefficient (Wildman–Crippen LogP) is 3.26. The quantitative estimate of drug-likeness (QED) is 0.804. The van der Waals surface area contributed by atoms with Crippen molar-refractivity contribution in [1.29, 1.82) is 0 Å². The number of benzene rings is 1. The fourth-order valence-electron chi connectivity index (χ4n) is 2.38. The standard InChI is InChI=1S/C16H16N4OS/c1-11-14(15(21)18-16-17-8-9-22-16)12(2)20(19-11)10-13-6-4-3-5-7-13/h3-9H,10H2,1-2H3,(H,17,18,21). The highest BCUT2D eigenvalue weighted by Crippen LogP contribution is 2.18. The van der Waals surface area contributed by atoms with Gasteiger partial charge in [0.1, 0.15) is 0 Å². The highest BCUT2D eigenvalue weighted by molar-refractivity contribution is 7.13. The van der Waals surface area contributed by atoms with Crippen molar-refractivity contribution in [2.45, 2.75) is 20.4 Å². The van der Waals surface area contributed by atoms with E-state index in [1.807, 2.05) is 54.2 Å². The zero-order valence-electron chi connectivity index (χ0n) is 12.4. The molecule has 0 bridgehead atoms. The number of carbonyl (C=O) groups is 1. The summed E-state index contributed by atoms with van der Waals surface area (Å²) >= 11 is 1.40. The molecule has 0 atom stereocenters. The van der Waals surface area contributed by atoms with Crippen LogP contribution in [0.3, 0.4) is 0 Å². The maximum Gasteiger partial charge on any atom is 0.261 e. The van der Waals surface area contributed by atoms with Crippen LogP contribution in [0.1, 0.15) is 27.3 Å². The van der Waals surface area contributed by atoms with E-state index >= 15 is 0 Å².